The Morgan fingerprint density at radius 1 is 1.48 bits per heavy atom. The van der Waals surface area contributed by atoms with Gasteiger partial charge in [0.1, 0.15) is 6.04 Å². The molecule has 5 nitrogen and oxygen atoms in total. The largest absolute Gasteiger partial charge is 0.332 e. The molecule has 2 N–H and O–H groups in total. The molecule has 1 heterocycles. The van der Waals surface area contributed by atoms with Crippen molar-refractivity contribution in [3.8, 4) is 0 Å². The van der Waals surface area contributed by atoms with Crippen molar-refractivity contribution in [2.75, 3.05) is 18.5 Å². The lowest BCUT2D eigenvalue weighted by Crippen LogP contribution is -2.48. The van der Waals surface area contributed by atoms with Crippen molar-refractivity contribution < 1.29 is 9.59 Å². The van der Waals surface area contributed by atoms with Gasteiger partial charge in [0, 0.05) is 13.6 Å². The number of nitrogens with zero attached hydrogens (tertiary/aromatic N) is 2. The highest BCUT2D eigenvalue weighted by Crippen LogP contribution is 2.30. The number of carbonyl (C=O) groups excluding carboxylic acids is 2. The second-order valence-electron chi connectivity index (χ2n) is 4.98. The van der Waals surface area contributed by atoms with E-state index in [0.717, 1.165) is 0 Å². The van der Waals surface area contributed by atoms with Gasteiger partial charge >= 0.3 is 0 Å². The summed E-state index contributed by atoms with van der Waals surface area (Å²) < 4.78 is 0. The molecule has 1 unspecified atom stereocenters. The van der Waals surface area contributed by atoms with Crippen LogP contribution >= 0.6 is 24.0 Å². The van der Waals surface area contributed by atoms with Gasteiger partial charge in [-0.25, -0.2) is 0 Å². The van der Waals surface area contributed by atoms with E-state index in [9.17, 15) is 9.59 Å². The number of benzene rings is 1. The first kappa shape index (κ1) is 17.8. The first-order chi connectivity index (χ1) is 9.43. The summed E-state index contributed by atoms with van der Waals surface area (Å²) >= 11 is 6.12. The number of hydrogen-bond donors (Lipinski definition) is 1. The molecule has 0 aromatic heterocycles. The maximum atomic E-state index is 12.5. The molecule has 0 aliphatic carbocycles. The summed E-state index contributed by atoms with van der Waals surface area (Å²) in [6.07, 6.45) is 0.582. The Kier molecular flexibility index (Phi) is 6.01. The lowest BCUT2D eigenvalue weighted by atomic mass is 10.2. The van der Waals surface area contributed by atoms with Crippen LogP contribution in [0.3, 0.4) is 0 Å². The number of hydrogen-bond acceptors (Lipinski definition) is 3. The van der Waals surface area contributed by atoms with Crippen LogP contribution in [0.2, 0.25) is 5.02 Å². The van der Waals surface area contributed by atoms with E-state index in [1.807, 2.05) is 12.1 Å². The number of carbonyl (C=O) groups is 2. The molecule has 0 radical (unpaired) electrons. The molecule has 1 aliphatic rings. The summed E-state index contributed by atoms with van der Waals surface area (Å²) in [6, 6.07) is 6.12. The van der Waals surface area contributed by atoms with Gasteiger partial charge in [0.05, 0.1) is 16.8 Å². The number of para-hydroxylation sites is 1. The van der Waals surface area contributed by atoms with E-state index in [-0.39, 0.29) is 24.2 Å². The Labute approximate surface area is 135 Å². The maximum Gasteiger partial charge on any atom is 0.249 e. The van der Waals surface area contributed by atoms with Gasteiger partial charge in [-0.1, -0.05) is 23.7 Å². The van der Waals surface area contributed by atoms with Crippen molar-refractivity contribution in [1.82, 2.24) is 4.90 Å². The van der Waals surface area contributed by atoms with Gasteiger partial charge in [-0.05, 0) is 25.5 Å². The molecule has 1 aromatic rings. The predicted molar refractivity (Wildman–Crippen MR) is 85.9 cm³/mol. The van der Waals surface area contributed by atoms with E-state index in [2.05, 4.69) is 0 Å². The molecule has 1 saturated heterocycles. The molecule has 7 heteroatoms. The van der Waals surface area contributed by atoms with Crippen LogP contribution in [0.1, 0.15) is 13.3 Å². The molecule has 2 amide bonds. The van der Waals surface area contributed by atoms with Crippen LogP contribution in [0.4, 0.5) is 5.69 Å². The van der Waals surface area contributed by atoms with Gasteiger partial charge < -0.3 is 15.5 Å². The molecular weight excluding hydrogens is 313 g/mol. The summed E-state index contributed by atoms with van der Waals surface area (Å²) in [5.74, 6) is -0.348. The molecule has 1 fully saturated rings. The van der Waals surface area contributed by atoms with E-state index < -0.39 is 12.1 Å². The Morgan fingerprint density at radius 2 is 2.10 bits per heavy atom. The molecule has 2 atom stereocenters. The zero-order valence-electron chi connectivity index (χ0n) is 12.0. The Morgan fingerprint density at radius 3 is 2.67 bits per heavy atom. The normalized spacial score (nSPS) is 19.1. The standard InChI is InChI=1S/C14H18ClN3O2.ClH/c1-9(16)13(19)17(2)12-7-8-18(14(12)20)11-6-4-3-5-10(11)15;/h3-6,9,12H,7-8,16H2,1-2H3;1H/t9-,12?;/m1./s1. The minimum atomic E-state index is -0.609. The minimum absolute atomic E-state index is 0. The monoisotopic (exact) mass is 331 g/mol. The van der Waals surface area contributed by atoms with Gasteiger partial charge in [0.25, 0.3) is 0 Å². The third-order valence-corrected chi connectivity index (χ3v) is 3.84. The Hall–Kier alpha value is -1.30. The number of halogens is 2. The molecule has 0 bridgehead atoms. The highest BCUT2D eigenvalue weighted by Gasteiger charge is 2.38. The molecule has 21 heavy (non-hydrogen) atoms. The number of nitrogens with two attached hydrogens (primary N) is 1. The molecule has 0 spiro atoms. The first-order valence-corrected chi connectivity index (χ1v) is 6.89. The summed E-state index contributed by atoms with van der Waals surface area (Å²) in [7, 11) is 1.62. The van der Waals surface area contributed by atoms with Gasteiger partial charge in [0.2, 0.25) is 11.8 Å². The van der Waals surface area contributed by atoms with Gasteiger partial charge in [0.15, 0.2) is 0 Å². The molecule has 116 valence electrons. The first-order valence-electron chi connectivity index (χ1n) is 6.51. The third kappa shape index (κ3) is 3.48. The summed E-state index contributed by atoms with van der Waals surface area (Å²) in [5, 5.41) is 0.530. The van der Waals surface area contributed by atoms with Crippen molar-refractivity contribution in [2.45, 2.75) is 25.4 Å². The average Bonchev–Trinajstić information content (AvgIpc) is 2.79. The second-order valence-corrected chi connectivity index (χ2v) is 5.39. The zero-order valence-corrected chi connectivity index (χ0v) is 13.5. The van der Waals surface area contributed by atoms with Crippen LogP contribution in [-0.2, 0) is 9.59 Å². The third-order valence-electron chi connectivity index (χ3n) is 3.53. The Bertz CT molecular complexity index is 537. The molecule has 2 rings (SSSR count). The molecule has 0 saturated carbocycles. The maximum absolute atomic E-state index is 12.5. The number of rotatable bonds is 3. The van der Waals surface area contributed by atoms with Gasteiger partial charge in [-0.2, -0.15) is 0 Å². The smallest absolute Gasteiger partial charge is 0.249 e. The fourth-order valence-corrected chi connectivity index (χ4v) is 2.65. The van der Waals surface area contributed by atoms with Crippen molar-refractivity contribution in [2.24, 2.45) is 5.73 Å². The summed E-state index contributed by atoms with van der Waals surface area (Å²) in [6.45, 7) is 2.16. The van der Waals surface area contributed by atoms with Crippen LogP contribution in [0.25, 0.3) is 0 Å². The summed E-state index contributed by atoms with van der Waals surface area (Å²) in [4.78, 5) is 27.4. The fourth-order valence-electron chi connectivity index (χ4n) is 2.41. The molecule has 1 aromatic carbocycles. The zero-order chi connectivity index (χ0) is 14.9. The fraction of sp³-hybridized carbons (Fsp3) is 0.429. The topological polar surface area (TPSA) is 66.6 Å². The minimum Gasteiger partial charge on any atom is -0.332 e. The predicted octanol–water partition coefficient (Wildman–Crippen LogP) is 1.67. The molecular formula is C14H19Cl2N3O2. The van der Waals surface area contributed by atoms with Crippen LogP contribution in [0.5, 0.6) is 0 Å². The SMILES string of the molecule is C[C@@H](N)C(=O)N(C)C1CCN(c2ccccc2Cl)C1=O.Cl. The number of anilines is 1. The van der Waals surface area contributed by atoms with Crippen molar-refractivity contribution in [3.63, 3.8) is 0 Å². The molecule has 1 aliphatic heterocycles. The second kappa shape index (κ2) is 7.11. The van der Waals surface area contributed by atoms with Gasteiger partial charge in [-0.15, -0.1) is 12.4 Å². The van der Waals surface area contributed by atoms with Crippen molar-refractivity contribution in [1.29, 1.82) is 0 Å². The van der Waals surface area contributed by atoms with Crippen molar-refractivity contribution in [3.05, 3.63) is 29.3 Å². The number of amides is 2. The quantitative estimate of drug-likeness (QED) is 0.916. The van der Waals surface area contributed by atoms with E-state index in [4.69, 9.17) is 17.3 Å². The van der Waals surface area contributed by atoms with Crippen LogP contribution in [0.15, 0.2) is 24.3 Å². The lowest BCUT2D eigenvalue weighted by Gasteiger charge is -2.25. The van der Waals surface area contributed by atoms with E-state index in [1.54, 1.807) is 31.0 Å². The van der Waals surface area contributed by atoms with Crippen LogP contribution < -0.4 is 10.6 Å². The van der Waals surface area contributed by atoms with Crippen LogP contribution in [0, 0.1) is 0 Å². The average molecular weight is 332 g/mol. The highest BCUT2D eigenvalue weighted by atomic mass is 35.5. The summed E-state index contributed by atoms with van der Waals surface area (Å²) in [5.41, 5.74) is 6.27. The number of likely N-dealkylation sites (N-methyl/N-ethyl adjacent to an activating group) is 1. The van der Waals surface area contributed by atoms with Crippen molar-refractivity contribution >= 4 is 41.5 Å². The van der Waals surface area contributed by atoms with Crippen LogP contribution in [-0.4, -0.2) is 42.4 Å². The van der Waals surface area contributed by atoms with E-state index in [1.165, 1.54) is 4.90 Å². The van der Waals surface area contributed by atoms with Gasteiger partial charge in [-0.3, -0.25) is 9.59 Å². The highest BCUT2D eigenvalue weighted by molar-refractivity contribution is 6.34. The van der Waals surface area contributed by atoms with E-state index in [0.29, 0.717) is 23.7 Å². The van der Waals surface area contributed by atoms with E-state index >= 15 is 0 Å². The lowest BCUT2D eigenvalue weighted by molar-refractivity contribution is -0.137. The Balaban J connectivity index is 0.00000220.